The molecule has 2 heterocycles. The average Bonchev–Trinajstić information content (AvgIpc) is 2.62. The molecular formula is C18H27N3O3S. The topological polar surface area (TPSA) is 60.9 Å². The first-order valence-corrected chi connectivity index (χ1v) is 10.4. The number of rotatable bonds is 3. The van der Waals surface area contributed by atoms with Gasteiger partial charge in [-0.1, -0.05) is 17.7 Å². The zero-order chi connectivity index (χ0) is 18.0. The summed E-state index contributed by atoms with van der Waals surface area (Å²) in [5.41, 5.74) is 1.04. The maximum absolute atomic E-state index is 12.7. The first-order chi connectivity index (χ1) is 11.9. The fraction of sp³-hybridized carbons (Fsp3) is 0.611. The van der Waals surface area contributed by atoms with Crippen LogP contribution in [0, 0.1) is 12.8 Å². The lowest BCUT2D eigenvalue weighted by Gasteiger charge is -2.37. The van der Waals surface area contributed by atoms with E-state index < -0.39 is 10.0 Å². The van der Waals surface area contributed by atoms with Crippen LogP contribution in [0.4, 0.5) is 0 Å². The maximum Gasteiger partial charge on any atom is 0.243 e. The summed E-state index contributed by atoms with van der Waals surface area (Å²) in [5, 5.41) is 0. The molecule has 0 unspecified atom stereocenters. The second-order valence-corrected chi connectivity index (χ2v) is 9.06. The van der Waals surface area contributed by atoms with Gasteiger partial charge in [0.1, 0.15) is 0 Å². The van der Waals surface area contributed by atoms with Crippen LogP contribution in [0.1, 0.15) is 18.4 Å². The Morgan fingerprint density at radius 1 is 0.960 bits per heavy atom. The summed E-state index contributed by atoms with van der Waals surface area (Å²) in [4.78, 5) is 17.2. The summed E-state index contributed by atoms with van der Waals surface area (Å²) >= 11 is 0. The van der Waals surface area contributed by atoms with E-state index in [0.717, 1.165) is 31.7 Å². The van der Waals surface area contributed by atoms with Gasteiger partial charge in [-0.05, 0) is 38.9 Å². The van der Waals surface area contributed by atoms with Crippen LogP contribution in [0.15, 0.2) is 29.2 Å². The van der Waals surface area contributed by atoms with Crippen molar-refractivity contribution in [2.75, 3.05) is 46.3 Å². The molecule has 0 aliphatic carbocycles. The summed E-state index contributed by atoms with van der Waals surface area (Å²) in [7, 11) is -1.39. The van der Waals surface area contributed by atoms with Crippen molar-refractivity contribution < 1.29 is 13.2 Å². The van der Waals surface area contributed by atoms with Gasteiger partial charge >= 0.3 is 0 Å². The van der Waals surface area contributed by atoms with Crippen LogP contribution in [0.2, 0.25) is 0 Å². The Bertz CT molecular complexity index is 702. The van der Waals surface area contributed by atoms with E-state index in [1.54, 1.807) is 12.1 Å². The average molecular weight is 365 g/mol. The monoisotopic (exact) mass is 365 g/mol. The molecule has 0 bridgehead atoms. The molecule has 1 aromatic carbocycles. The Morgan fingerprint density at radius 2 is 1.52 bits per heavy atom. The van der Waals surface area contributed by atoms with Gasteiger partial charge in [-0.25, -0.2) is 8.42 Å². The Labute approximate surface area is 150 Å². The van der Waals surface area contributed by atoms with Crippen LogP contribution in [0.3, 0.4) is 0 Å². The van der Waals surface area contributed by atoms with Crippen molar-refractivity contribution in [2.24, 2.45) is 5.92 Å². The molecule has 3 rings (SSSR count). The summed E-state index contributed by atoms with van der Waals surface area (Å²) in [6, 6.07) is 6.95. The lowest BCUT2D eigenvalue weighted by Crippen LogP contribution is -2.50. The van der Waals surface area contributed by atoms with E-state index in [-0.39, 0.29) is 11.8 Å². The van der Waals surface area contributed by atoms with Crippen LogP contribution in [-0.4, -0.2) is 74.7 Å². The van der Waals surface area contributed by atoms with E-state index in [1.165, 1.54) is 4.31 Å². The van der Waals surface area contributed by atoms with Crippen molar-refractivity contribution in [1.29, 1.82) is 0 Å². The molecule has 0 N–H and O–H groups in total. The van der Waals surface area contributed by atoms with Gasteiger partial charge in [-0.2, -0.15) is 4.31 Å². The number of likely N-dealkylation sites (N-methyl/N-ethyl adjacent to an activating group) is 1. The number of piperidine rings is 1. The van der Waals surface area contributed by atoms with Crippen LogP contribution in [-0.2, 0) is 14.8 Å². The van der Waals surface area contributed by atoms with E-state index in [0.29, 0.717) is 30.8 Å². The van der Waals surface area contributed by atoms with Crippen LogP contribution >= 0.6 is 0 Å². The van der Waals surface area contributed by atoms with Gasteiger partial charge in [0.2, 0.25) is 15.9 Å². The Hall–Kier alpha value is -1.44. The molecule has 0 spiro atoms. The fourth-order valence-corrected chi connectivity index (χ4v) is 4.96. The molecule has 0 saturated carbocycles. The van der Waals surface area contributed by atoms with E-state index in [9.17, 15) is 13.2 Å². The van der Waals surface area contributed by atoms with Gasteiger partial charge in [0, 0.05) is 45.2 Å². The largest absolute Gasteiger partial charge is 0.340 e. The number of nitrogens with zero attached hydrogens (tertiary/aromatic N) is 3. The van der Waals surface area contributed by atoms with Crippen LogP contribution in [0.25, 0.3) is 0 Å². The minimum atomic E-state index is -3.46. The number of carbonyl (C=O) groups is 1. The lowest BCUT2D eigenvalue weighted by molar-refractivity contribution is -0.138. The third kappa shape index (κ3) is 4.04. The highest BCUT2D eigenvalue weighted by Crippen LogP contribution is 2.25. The zero-order valence-corrected chi connectivity index (χ0v) is 15.8. The third-order valence-corrected chi connectivity index (χ3v) is 7.19. The van der Waals surface area contributed by atoms with E-state index >= 15 is 0 Å². The van der Waals surface area contributed by atoms with Gasteiger partial charge in [0.15, 0.2) is 0 Å². The first-order valence-electron chi connectivity index (χ1n) is 8.92. The molecule has 0 atom stereocenters. The van der Waals surface area contributed by atoms with E-state index in [1.807, 2.05) is 24.0 Å². The number of sulfonamides is 1. The number of benzene rings is 1. The fourth-order valence-electron chi connectivity index (χ4n) is 3.49. The SMILES string of the molecule is Cc1ccc(S(=O)(=O)N2CCC(C(=O)N3CCN(C)CC3)CC2)cc1. The number of carbonyl (C=O) groups excluding carboxylic acids is 1. The van der Waals surface area contributed by atoms with Crippen LogP contribution < -0.4 is 0 Å². The molecular weight excluding hydrogens is 338 g/mol. The zero-order valence-electron chi connectivity index (χ0n) is 15.0. The third-order valence-electron chi connectivity index (χ3n) is 5.28. The predicted octanol–water partition coefficient (Wildman–Crippen LogP) is 1.17. The van der Waals surface area contributed by atoms with Gasteiger partial charge in [0.25, 0.3) is 0 Å². The van der Waals surface area contributed by atoms with Gasteiger partial charge in [-0.3, -0.25) is 4.79 Å². The predicted molar refractivity (Wildman–Crippen MR) is 96.7 cm³/mol. The molecule has 2 aliphatic rings. The van der Waals surface area contributed by atoms with Crippen molar-refractivity contribution in [3.8, 4) is 0 Å². The molecule has 7 heteroatoms. The summed E-state index contributed by atoms with van der Waals surface area (Å²) in [6.07, 6.45) is 1.21. The highest BCUT2D eigenvalue weighted by Gasteiger charge is 2.34. The molecule has 2 fully saturated rings. The van der Waals surface area contributed by atoms with Crippen molar-refractivity contribution in [2.45, 2.75) is 24.7 Å². The van der Waals surface area contributed by atoms with Crippen molar-refractivity contribution in [3.05, 3.63) is 29.8 Å². The number of hydrogen-bond donors (Lipinski definition) is 0. The molecule has 1 amide bonds. The number of hydrogen-bond acceptors (Lipinski definition) is 4. The van der Waals surface area contributed by atoms with Gasteiger partial charge in [-0.15, -0.1) is 0 Å². The molecule has 0 radical (unpaired) electrons. The summed E-state index contributed by atoms with van der Waals surface area (Å²) in [5.74, 6) is 0.147. The number of aryl methyl sites for hydroxylation is 1. The molecule has 25 heavy (non-hydrogen) atoms. The van der Waals surface area contributed by atoms with Gasteiger partial charge in [0.05, 0.1) is 4.90 Å². The molecule has 138 valence electrons. The second-order valence-electron chi connectivity index (χ2n) is 7.12. The summed E-state index contributed by atoms with van der Waals surface area (Å²) < 4.78 is 27.0. The minimum Gasteiger partial charge on any atom is -0.340 e. The van der Waals surface area contributed by atoms with Crippen LogP contribution in [0.5, 0.6) is 0 Å². The van der Waals surface area contributed by atoms with E-state index in [2.05, 4.69) is 11.9 Å². The minimum absolute atomic E-state index is 0.0483. The summed E-state index contributed by atoms with van der Waals surface area (Å²) in [6.45, 7) is 6.14. The van der Waals surface area contributed by atoms with Crippen molar-refractivity contribution in [3.63, 3.8) is 0 Å². The number of amides is 1. The maximum atomic E-state index is 12.7. The lowest BCUT2D eigenvalue weighted by atomic mass is 9.96. The molecule has 6 nitrogen and oxygen atoms in total. The highest BCUT2D eigenvalue weighted by molar-refractivity contribution is 7.89. The molecule has 0 aromatic heterocycles. The first kappa shape index (κ1) is 18.4. The normalized spacial score (nSPS) is 21.4. The Morgan fingerprint density at radius 3 is 2.08 bits per heavy atom. The Balaban J connectivity index is 1.59. The second kappa shape index (κ2) is 7.43. The Kier molecular flexibility index (Phi) is 5.46. The van der Waals surface area contributed by atoms with Crippen molar-refractivity contribution in [1.82, 2.24) is 14.1 Å². The number of piperazine rings is 1. The van der Waals surface area contributed by atoms with Gasteiger partial charge < -0.3 is 9.80 Å². The molecule has 1 aromatic rings. The quantitative estimate of drug-likeness (QED) is 0.807. The standard InChI is InChI=1S/C18H27N3O3S/c1-15-3-5-17(6-4-15)25(23,24)21-9-7-16(8-10-21)18(22)20-13-11-19(2)12-14-20/h3-6,16H,7-14H2,1-2H3. The van der Waals surface area contributed by atoms with Crippen molar-refractivity contribution >= 4 is 15.9 Å². The highest BCUT2D eigenvalue weighted by atomic mass is 32.2. The molecule has 2 aliphatic heterocycles. The molecule has 2 saturated heterocycles. The smallest absolute Gasteiger partial charge is 0.243 e. The van der Waals surface area contributed by atoms with E-state index in [4.69, 9.17) is 0 Å².